The van der Waals surface area contributed by atoms with Gasteiger partial charge >= 0.3 is 0 Å². The second-order valence-electron chi connectivity index (χ2n) is 7.13. The molecule has 1 aromatic rings. The largest absolute Gasteiger partial charge is 0.391 e. The zero-order chi connectivity index (χ0) is 17.9. The summed E-state index contributed by atoms with van der Waals surface area (Å²) in [6.07, 6.45) is 1.58. The van der Waals surface area contributed by atoms with Crippen LogP contribution in [0.3, 0.4) is 0 Å². The van der Waals surface area contributed by atoms with E-state index in [0.29, 0.717) is 18.0 Å². The van der Waals surface area contributed by atoms with Crippen molar-refractivity contribution in [2.45, 2.75) is 45.8 Å². The Morgan fingerprint density at radius 2 is 1.92 bits per heavy atom. The third-order valence-corrected chi connectivity index (χ3v) is 4.61. The van der Waals surface area contributed by atoms with Crippen LogP contribution >= 0.6 is 0 Å². The van der Waals surface area contributed by atoms with Crippen molar-refractivity contribution in [1.29, 1.82) is 0 Å². The first-order valence-electron chi connectivity index (χ1n) is 8.60. The van der Waals surface area contributed by atoms with Crippen molar-refractivity contribution < 1.29 is 14.7 Å². The Balaban J connectivity index is 2.03. The van der Waals surface area contributed by atoms with E-state index in [1.165, 1.54) is 4.90 Å². The number of aryl methyl sites for hydroxylation is 1. The molecule has 1 aliphatic rings. The molecule has 2 atom stereocenters. The van der Waals surface area contributed by atoms with Crippen LogP contribution in [0.1, 0.15) is 42.6 Å². The van der Waals surface area contributed by atoms with Crippen LogP contribution in [-0.2, 0) is 4.79 Å². The maximum absolute atomic E-state index is 12.7. The molecule has 5 heteroatoms. The van der Waals surface area contributed by atoms with Gasteiger partial charge in [0.25, 0.3) is 5.91 Å². The Morgan fingerprint density at radius 1 is 1.29 bits per heavy atom. The van der Waals surface area contributed by atoms with Gasteiger partial charge in [-0.2, -0.15) is 0 Å². The van der Waals surface area contributed by atoms with Crippen LogP contribution in [0.4, 0.5) is 0 Å². The smallest absolute Gasteiger partial charge is 0.252 e. The molecule has 5 nitrogen and oxygen atoms in total. The monoisotopic (exact) mass is 332 g/mol. The van der Waals surface area contributed by atoms with Crippen LogP contribution in [0.15, 0.2) is 24.3 Å². The molecule has 1 aromatic carbocycles. The molecular weight excluding hydrogens is 304 g/mol. The molecule has 2 amide bonds. The minimum absolute atomic E-state index is 0.0361. The predicted octanol–water partition coefficient (Wildman–Crippen LogP) is 1.98. The Kier molecular flexibility index (Phi) is 5.99. The zero-order valence-electron chi connectivity index (χ0n) is 15.0. The molecular formula is C19H28N2O3. The van der Waals surface area contributed by atoms with Crippen molar-refractivity contribution >= 4 is 11.8 Å². The van der Waals surface area contributed by atoms with Crippen LogP contribution in [0.25, 0.3) is 0 Å². The lowest BCUT2D eigenvalue weighted by atomic mass is 10.0. The average Bonchev–Trinajstić information content (AvgIpc) is 3.36. The van der Waals surface area contributed by atoms with Crippen LogP contribution in [-0.4, -0.2) is 47.6 Å². The summed E-state index contributed by atoms with van der Waals surface area (Å²) in [6, 6.07) is 6.72. The summed E-state index contributed by atoms with van der Waals surface area (Å²) < 4.78 is 0. The number of aliphatic hydroxyl groups is 1. The van der Waals surface area contributed by atoms with E-state index in [0.717, 1.165) is 18.4 Å². The summed E-state index contributed by atoms with van der Waals surface area (Å²) in [6.45, 7) is 6.00. The second kappa shape index (κ2) is 7.79. The molecule has 1 fully saturated rings. The molecule has 0 aromatic heterocycles. The summed E-state index contributed by atoms with van der Waals surface area (Å²) in [5.74, 6) is -0.117. The SMILES string of the molecule is Cc1ccccc1C(=O)NC(C(=O)N(C)CC(O)C1CC1)C(C)C. The van der Waals surface area contributed by atoms with Crippen LogP contribution in [0.2, 0.25) is 0 Å². The number of likely N-dealkylation sites (N-methyl/N-ethyl adjacent to an activating group) is 1. The molecule has 0 bridgehead atoms. The van der Waals surface area contributed by atoms with Crippen LogP contribution < -0.4 is 5.32 Å². The van der Waals surface area contributed by atoms with Crippen LogP contribution in [0, 0.1) is 18.8 Å². The first-order valence-corrected chi connectivity index (χ1v) is 8.60. The Labute approximate surface area is 144 Å². The van der Waals surface area contributed by atoms with Gasteiger partial charge < -0.3 is 15.3 Å². The molecule has 0 spiro atoms. The number of hydrogen-bond acceptors (Lipinski definition) is 3. The third-order valence-electron chi connectivity index (χ3n) is 4.61. The van der Waals surface area contributed by atoms with E-state index >= 15 is 0 Å². The Hall–Kier alpha value is -1.88. The Morgan fingerprint density at radius 3 is 2.46 bits per heavy atom. The topological polar surface area (TPSA) is 69.6 Å². The molecule has 0 saturated heterocycles. The molecule has 1 aliphatic carbocycles. The lowest BCUT2D eigenvalue weighted by Crippen LogP contribution is -2.51. The predicted molar refractivity (Wildman–Crippen MR) is 93.6 cm³/mol. The highest BCUT2D eigenvalue weighted by atomic mass is 16.3. The molecule has 1 saturated carbocycles. The van der Waals surface area contributed by atoms with Crippen molar-refractivity contribution in [3.8, 4) is 0 Å². The fourth-order valence-corrected chi connectivity index (χ4v) is 2.80. The number of amides is 2. The van der Waals surface area contributed by atoms with Gasteiger partial charge in [0.15, 0.2) is 0 Å². The minimum Gasteiger partial charge on any atom is -0.391 e. The number of carbonyl (C=O) groups excluding carboxylic acids is 2. The summed E-state index contributed by atoms with van der Waals surface area (Å²) in [5, 5.41) is 12.9. The van der Waals surface area contributed by atoms with Crippen LogP contribution in [0.5, 0.6) is 0 Å². The lowest BCUT2D eigenvalue weighted by Gasteiger charge is -2.28. The minimum atomic E-state index is -0.603. The fraction of sp³-hybridized carbons (Fsp3) is 0.579. The van der Waals surface area contributed by atoms with Gasteiger partial charge in [0.05, 0.1) is 6.10 Å². The highest BCUT2D eigenvalue weighted by Crippen LogP contribution is 2.32. The highest BCUT2D eigenvalue weighted by molar-refractivity contribution is 5.98. The van der Waals surface area contributed by atoms with Gasteiger partial charge in [0.1, 0.15) is 6.04 Å². The van der Waals surface area contributed by atoms with Crippen molar-refractivity contribution in [2.75, 3.05) is 13.6 Å². The summed E-state index contributed by atoms with van der Waals surface area (Å²) in [5.41, 5.74) is 1.46. The summed E-state index contributed by atoms with van der Waals surface area (Å²) in [7, 11) is 1.68. The van der Waals surface area contributed by atoms with E-state index in [1.54, 1.807) is 13.1 Å². The molecule has 0 aliphatic heterocycles. The lowest BCUT2D eigenvalue weighted by molar-refractivity contribution is -0.134. The van der Waals surface area contributed by atoms with E-state index in [4.69, 9.17) is 0 Å². The van der Waals surface area contributed by atoms with Crippen molar-refractivity contribution in [3.63, 3.8) is 0 Å². The standard InChI is InChI=1S/C19H28N2O3/c1-12(2)17(19(24)21(4)11-16(22)14-9-10-14)20-18(23)15-8-6-5-7-13(15)3/h5-8,12,14,16-17,22H,9-11H2,1-4H3,(H,20,23). The van der Waals surface area contributed by atoms with E-state index < -0.39 is 12.1 Å². The summed E-state index contributed by atoms with van der Waals surface area (Å²) in [4.78, 5) is 26.8. The first-order chi connectivity index (χ1) is 11.3. The number of nitrogens with one attached hydrogen (secondary N) is 1. The van der Waals surface area contributed by atoms with E-state index in [-0.39, 0.29) is 17.7 Å². The number of carbonyl (C=O) groups is 2. The van der Waals surface area contributed by atoms with Gasteiger partial charge in [-0.3, -0.25) is 9.59 Å². The van der Waals surface area contributed by atoms with Gasteiger partial charge in [-0.05, 0) is 43.2 Å². The van der Waals surface area contributed by atoms with E-state index in [1.807, 2.05) is 39.0 Å². The molecule has 132 valence electrons. The van der Waals surface area contributed by atoms with E-state index in [9.17, 15) is 14.7 Å². The highest BCUT2D eigenvalue weighted by Gasteiger charge is 2.33. The molecule has 2 unspecified atom stereocenters. The molecule has 0 radical (unpaired) electrons. The average molecular weight is 332 g/mol. The molecule has 2 rings (SSSR count). The fourth-order valence-electron chi connectivity index (χ4n) is 2.80. The number of benzene rings is 1. The molecule has 24 heavy (non-hydrogen) atoms. The number of rotatable bonds is 7. The van der Waals surface area contributed by atoms with Gasteiger partial charge in [-0.25, -0.2) is 0 Å². The Bertz CT molecular complexity index is 596. The first kappa shape index (κ1) is 18.5. The van der Waals surface area contributed by atoms with Gasteiger partial charge in [-0.1, -0.05) is 32.0 Å². The maximum atomic E-state index is 12.7. The number of nitrogens with zero attached hydrogens (tertiary/aromatic N) is 1. The van der Waals surface area contributed by atoms with Gasteiger partial charge in [0, 0.05) is 19.2 Å². The third kappa shape index (κ3) is 4.57. The molecule has 2 N–H and O–H groups in total. The van der Waals surface area contributed by atoms with E-state index in [2.05, 4.69) is 5.32 Å². The normalized spacial score (nSPS) is 16.6. The maximum Gasteiger partial charge on any atom is 0.252 e. The van der Waals surface area contributed by atoms with Crippen molar-refractivity contribution in [2.24, 2.45) is 11.8 Å². The number of aliphatic hydroxyl groups excluding tert-OH is 1. The quantitative estimate of drug-likeness (QED) is 0.802. The van der Waals surface area contributed by atoms with Gasteiger partial charge in [-0.15, -0.1) is 0 Å². The molecule has 0 heterocycles. The summed E-state index contributed by atoms with van der Waals surface area (Å²) >= 11 is 0. The second-order valence-corrected chi connectivity index (χ2v) is 7.13. The van der Waals surface area contributed by atoms with Crippen molar-refractivity contribution in [1.82, 2.24) is 10.2 Å². The zero-order valence-corrected chi connectivity index (χ0v) is 15.0. The van der Waals surface area contributed by atoms with Gasteiger partial charge in [0.2, 0.25) is 5.91 Å². The number of hydrogen-bond donors (Lipinski definition) is 2. The van der Waals surface area contributed by atoms with Crippen molar-refractivity contribution in [3.05, 3.63) is 35.4 Å².